The lowest BCUT2D eigenvalue weighted by atomic mass is 10.0. The second-order valence-electron chi connectivity index (χ2n) is 5.26. The van der Waals surface area contributed by atoms with Crippen LogP contribution < -0.4 is 4.72 Å². The summed E-state index contributed by atoms with van der Waals surface area (Å²) in [4.78, 5) is 4.24. The van der Waals surface area contributed by atoms with E-state index < -0.39 is 10.0 Å². The first kappa shape index (κ1) is 17.2. The minimum Gasteiger partial charge on any atom is -0.263 e. The van der Waals surface area contributed by atoms with Gasteiger partial charge in [-0.25, -0.2) is 13.4 Å². The maximum Gasteiger partial charge on any atom is 0.263 e. The number of benzene rings is 1. The standard InChI is InChI=1S/C15H16BrClN2O2S/c1-9(2)12-7-13(16)10(3)6-14(12)22(20,21)19-15-5-4-11(17)8-18-15/h4-9H,1-3H3,(H,18,19). The maximum atomic E-state index is 12.7. The second-order valence-corrected chi connectivity index (χ2v) is 8.20. The molecule has 0 spiro atoms. The van der Waals surface area contributed by atoms with Crippen molar-refractivity contribution in [2.24, 2.45) is 0 Å². The van der Waals surface area contributed by atoms with E-state index in [-0.39, 0.29) is 16.6 Å². The summed E-state index contributed by atoms with van der Waals surface area (Å²) in [6.45, 7) is 5.76. The van der Waals surface area contributed by atoms with Gasteiger partial charge in [0, 0.05) is 10.7 Å². The Morgan fingerprint density at radius 1 is 1.27 bits per heavy atom. The fraction of sp³-hybridized carbons (Fsp3) is 0.267. The minimum absolute atomic E-state index is 0.0710. The molecule has 0 radical (unpaired) electrons. The molecule has 0 aliphatic carbocycles. The number of hydrogen-bond acceptors (Lipinski definition) is 3. The monoisotopic (exact) mass is 402 g/mol. The van der Waals surface area contributed by atoms with Gasteiger partial charge in [0.2, 0.25) is 0 Å². The zero-order valence-electron chi connectivity index (χ0n) is 12.4. The number of anilines is 1. The van der Waals surface area contributed by atoms with Gasteiger partial charge in [0.05, 0.1) is 9.92 Å². The molecule has 0 saturated carbocycles. The lowest BCUT2D eigenvalue weighted by molar-refractivity contribution is 0.598. The molecule has 0 saturated heterocycles. The molecule has 118 valence electrons. The van der Waals surface area contributed by atoms with Crippen LogP contribution in [0.25, 0.3) is 0 Å². The lowest BCUT2D eigenvalue weighted by Gasteiger charge is -2.16. The highest BCUT2D eigenvalue weighted by molar-refractivity contribution is 9.10. The molecule has 2 rings (SSSR count). The van der Waals surface area contributed by atoms with Crippen molar-refractivity contribution < 1.29 is 8.42 Å². The minimum atomic E-state index is -3.72. The highest BCUT2D eigenvalue weighted by Gasteiger charge is 2.22. The smallest absolute Gasteiger partial charge is 0.263 e. The molecule has 7 heteroatoms. The van der Waals surface area contributed by atoms with Crippen LogP contribution in [0.5, 0.6) is 0 Å². The Bertz CT molecular complexity index is 790. The fourth-order valence-corrected chi connectivity index (χ4v) is 3.90. The summed E-state index contributed by atoms with van der Waals surface area (Å²) in [6, 6.07) is 6.63. The highest BCUT2D eigenvalue weighted by atomic mass is 79.9. The van der Waals surface area contributed by atoms with E-state index in [1.807, 2.05) is 26.8 Å². The summed E-state index contributed by atoms with van der Waals surface area (Å²) in [6.07, 6.45) is 1.40. The molecule has 0 bridgehead atoms. The molecule has 0 aliphatic rings. The summed E-state index contributed by atoms with van der Waals surface area (Å²) in [7, 11) is -3.72. The molecule has 0 unspecified atom stereocenters. The van der Waals surface area contributed by atoms with E-state index in [2.05, 4.69) is 25.6 Å². The largest absolute Gasteiger partial charge is 0.263 e. The normalized spacial score (nSPS) is 11.7. The number of nitrogens with one attached hydrogen (secondary N) is 1. The third-order valence-electron chi connectivity index (χ3n) is 3.17. The van der Waals surface area contributed by atoms with Crippen molar-refractivity contribution >= 4 is 43.4 Å². The van der Waals surface area contributed by atoms with Gasteiger partial charge in [0.15, 0.2) is 0 Å². The van der Waals surface area contributed by atoms with Gasteiger partial charge >= 0.3 is 0 Å². The van der Waals surface area contributed by atoms with Crippen molar-refractivity contribution in [3.8, 4) is 0 Å². The number of nitrogens with zero attached hydrogens (tertiary/aromatic N) is 1. The van der Waals surface area contributed by atoms with Crippen LogP contribution in [0.2, 0.25) is 5.02 Å². The Balaban J connectivity index is 2.49. The van der Waals surface area contributed by atoms with Gasteiger partial charge in [-0.2, -0.15) is 0 Å². The fourth-order valence-electron chi connectivity index (χ4n) is 1.98. The first-order chi connectivity index (χ1) is 10.2. The van der Waals surface area contributed by atoms with Crippen LogP contribution in [0.15, 0.2) is 39.8 Å². The zero-order valence-corrected chi connectivity index (χ0v) is 15.6. The summed E-state index contributed by atoms with van der Waals surface area (Å²) < 4.78 is 28.7. The van der Waals surface area contributed by atoms with Gasteiger partial charge in [0.25, 0.3) is 10.0 Å². The molecule has 1 N–H and O–H groups in total. The Morgan fingerprint density at radius 3 is 2.50 bits per heavy atom. The number of aryl methyl sites for hydroxylation is 1. The van der Waals surface area contributed by atoms with Crippen LogP contribution in [0.3, 0.4) is 0 Å². The van der Waals surface area contributed by atoms with Crippen molar-refractivity contribution in [1.29, 1.82) is 0 Å². The molecule has 1 aromatic carbocycles. The van der Waals surface area contributed by atoms with E-state index in [4.69, 9.17) is 11.6 Å². The van der Waals surface area contributed by atoms with E-state index in [0.29, 0.717) is 5.02 Å². The van der Waals surface area contributed by atoms with Crippen LogP contribution in [-0.2, 0) is 10.0 Å². The molecule has 1 aromatic heterocycles. The molecule has 0 atom stereocenters. The van der Waals surface area contributed by atoms with E-state index >= 15 is 0 Å². The van der Waals surface area contributed by atoms with Crippen molar-refractivity contribution in [2.75, 3.05) is 4.72 Å². The van der Waals surface area contributed by atoms with Crippen molar-refractivity contribution in [3.05, 3.63) is 51.1 Å². The molecule has 1 heterocycles. The Labute approximate surface area is 144 Å². The number of sulfonamides is 1. The number of rotatable bonds is 4. The summed E-state index contributed by atoms with van der Waals surface area (Å²) >= 11 is 9.21. The molecular weight excluding hydrogens is 388 g/mol. The van der Waals surface area contributed by atoms with E-state index in [0.717, 1.165) is 15.6 Å². The van der Waals surface area contributed by atoms with Crippen molar-refractivity contribution in [1.82, 2.24) is 4.98 Å². The van der Waals surface area contributed by atoms with Gasteiger partial charge in [-0.1, -0.05) is 41.4 Å². The summed E-state index contributed by atoms with van der Waals surface area (Å²) in [5.74, 6) is 0.307. The van der Waals surface area contributed by atoms with Gasteiger partial charge in [-0.15, -0.1) is 0 Å². The predicted octanol–water partition coefficient (Wildman–Crippen LogP) is 4.73. The average molecular weight is 404 g/mol. The van der Waals surface area contributed by atoms with Crippen LogP contribution in [0, 0.1) is 6.92 Å². The van der Waals surface area contributed by atoms with Crippen molar-refractivity contribution in [3.63, 3.8) is 0 Å². The predicted molar refractivity (Wildman–Crippen MR) is 93.0 cm³/mol. The topological polar surface area (TPSA) is 59.1 Å². The lowest BCUT2D eigenvalue weighted by Crippen LogP contribution is -2.16. The van der Waals surface area contributed by atoms with Gasteiger partial charge in [-0.3, -0.25) is 4.72 Å². The summed E-state index contributed by atoms with van der Waals surface area (Å²) in [5, 5.41) is 0.449. The molecule has 0 fully saturated rings. The molecule has 4 nitrogen and oxygen atoms in total. The number of halogens is 2. The molecule has 0 aliphatic heterocycles. The molecular formula is C15H16BrClN2O2S. The average Bonchev–Trinajstić information content (AvgIpc) is 2.43. The zero-order chi connectivity index (χ0) is 16.5. The van der Waals surface area contributed by atoms with Gasteiger partial charge in [-0.05, 0) is 48.2 Å². The van der Waals surface area contributed by atoms with E-state index in [1.54, 1.807) is 12.1 Å². The van der Waals surface area contributed by atoms with Crippen LogP contribution >= 0.6 is 27.5 Å². The van der Waals surface area contributed by atoms with E-state index in [9.17, 15) is 8.42 Å². The Morgan fingerprint density at radius 2 is 1.95 bits per heavy atom. The number of pyridine rings is 1. The van der Waals surface area contributed by atoms with Crippen molar-refractivity contribution in [2.45, 2.75) is 31.6 Å². The molecule has 22 heavy (non-hydrogen) atoms. The quantitative estimate of drug-likeness (QED) is 0.803. The Hall–Kier alpha value is -1.11. The third kappa shape index (κ3) is 3.80. The highest BCUT2D eigenvalue weighted by Crippen LogP contribution is 2.30. The first-order valence-electron chi connectivity index (χ1n) is 6.65. The molecule has 2 aromatic rings. The third-order valence-corrected chi connectivity index (χ3v) is 5.66. The number of hydrogen-bond donors (Lipinski definition) is 1. The van der Waals surface area contributed by atoms with Gasteiger partial charge < -0.3 is 0 Å². The SMILES string of the molecule is Cc1cc(S(=O)(=O)Nc2ccc(Cl)cn2)c(C(C)C)cc1Br. The second kappa shape index (κ2) is 6.56. The Kier molecular flexibility index (Phi) is 5.14. The summed E-state index contributed by atoms with van der Waals surface area (Å²) in [5.41, 5.74) is 1.60. The number of aromatic nitrogens is 1. The molecule has 0 amide bonds. The maximum absolute atomic E-state index is 12.7. The van der Waals surface area contributed by atoms with Crippen LogP contribution in [-0.4, -0.2) is 13.4 Å². The van der Waals surface area contributed by atoms with Crippen LogP contribution in [0.4, 0.5) is 5.82 Å². The van der Waals surface area contributed by atoms with Gasteiger partial charge in [0.1, 0.15) is 5.82 Å². The van der Waals surface area contributed by atoms with Crippen LogP contribution in [0.1, 0.15) is 30.9 Å². The van der Waals surface area contributed by atoms with E-state index in [1.165, 1.54) is 12.3 Å². The first-order valence-corrected chi connectivity index (χ1v) is 9.30.